The summed E-state index contributed by atoms with van der Waals surface area (Å²) in [4.78, 5) is 25.1. The summed E-state index contributed by atoms with van der Waals surface area (Å²) in [5.41, 5.74) is -0.301. The average molecular weight is 538 g/mol. The third kappa shape index (κ3) is 5.42. The first-order valence-electron chi connectivity index (χ1n) is 11.6. The van der Waals surface area contributed by atoms with Crippen LogP contribution in [0.25, 0.3) is 11.3 Å². The van der Waals surface area contributed by atoms with Crippen LogP contribution < -0.4 is 10.1 Å². The van der Waals surface area contributed by atoms with Gasteiger partial charge >= 0.3 is 0 Å². The van der Waals surface area contributed by atoms with Crippen LogP contribution >= 0.6 is 0 Å². The summed E-state index contributed by atoms with van der Waals surface area (Å²) in [7, 11) is 0. The molecule has 0 aromatic carbocycles. The van der Waals surface area contributed by atoms with Gasteiger partial charge in [-0.3, -0.25) is 14.8 Å². The van der Waals surface area contributed by atoms with E-state index in [-0.39, 0.29) is 34.6 Å². The third-order valence-corrected chi connectivity index (χ3v) is 6.21. The zero-order valence-corrected chi connectivity index (χ0v) is 19.6. The molecule has 3 aromatic heterocycles. The number of amides is 1. The Hall–Kier alpha value is -3.74. The number of pyridine rings is 3. The third-order valence-electron chi connectivity index (χ3n) is 6.21. The standard InChI is InChI=1S/C25H20F6N4O3/c26-16-2-1-6-32-19(16)15-4-7-33-21(18-3-5-24(28,29)12-37-18)20(15)35-22(36)13-8-17(27)23(34-11-13)38-14-9-25(30,31)10-14/h1-2,4,6-8,11,14,18H,3,5,9-10,12H2,(H,35,36)/t18-/m1/s1. The molecule has 1 aliphatic heterocycles. The van der Waals surface area contributed by atoms with Crippen LogP contribution in [0.1, 0.15) is 47.8 Å². The molecule has 38 heavy (non-hydrogen) atoms. The number of anilines is 1. The molecule has 1 atom stereocenters. The van der Waals surface area contributed by atoms with Crippen LogP contribution in [-0.2, 0) is 4.74 Å². The highest BCUT2D eigenvalue weighted by Gasteiger charge is 2.47. The van der Waals surface area contributed by atoms with Gasteiger partial charge in [-0.1, -0.05) is 0 Å². The fraction of sp³-hybridized carbons (Fsp3) is 0.360. The molecule has 1 amide bonds. The number of nitrogens with zero attached hydrogens (tertiary/aromatic N) is 3. The van der Waals surface area contributed by atoms with Crippen molar-refractivity contribution in [1.82, 2.24) is 15.0 Å². The van der Waals surface area contributed by atoms with Crippen LogP contribution in [0.4, 0.5) is 32.0 Å². The highest BCUT2D eigenvalue weighted by Crippen LogP contribution is 2.41. The van der Waals surface area contributed by atoms with E-state index < -0.39 is 73.3 Å². The molecule has 1 saturated heterocycles. The minimum absolute atomic E-state index is 0.0530. The van der Waals surface area contributed by atoms with Gasteiger partial charge in [-0.05, 0) is 30.7 Å². The predicted molar refractivity (Wildman–Crippen MR) is 121 cm³/mol. The van der Waals surface area contributed by atoms with Crippen LogP contribution in [-0.4, -0.2) is 45.4 Å². The maximum absolute atomic E-state index is 14.6. The number of halogens is 6. The summed E-state index contributed by atoms with van der Waals surface area (Å²) in [6, 6.07) is 4.71. The molecule has 2 aliphatic rings. The van der Waals surface area contributed by atoms with Gasteiger partial charge < -0.3 is 14.8 Å². The van der Waals surface area contributed by atoms with Crippen molar-refractivity contribution in [1.29, 1.82) is 0 Å². The normalized spacial score (nSPS) is 20.4. The fourth-order valence-corrected chi connectivity index (χ4v) is 4.24. The van der Waals surface area contributed by atoms with Crippen molar-refractivity contribution in [3.63, 3.8) is 0 Å². The highest BCUT2D eigenvalue weighted by molar-refractivity contribution is 6.06. The lowest BCUT2D eigenvalue weighted by atomic mass is 9.91. The molecule has 0 unspecified atom stereocenters. The summed E-state index contributed by atoms with van der Waals surface area (Å²) >= 11 is 0. The van der Waals surface area contributed by atoms with Gasteiger partial charge in [0, 0.05) is 43.4 Å². The first-order valence-corrected chi connectivity index (χ1v) is 11.6. The minimum atomic E-state index is -3.02. The molecule has 0 radical (unpaired) electrons. The Morgan fingerprint density at radius 3 is 2.47 bits per heavy atom. The summed E-state index contributed by atoms with van der Waals surface area (Å²) in [6.07, 6.45) is 0.0347. The smallest absolute Gasteiger partial charge is 0.271 e. The zero-order valence-electron chi connectivity index (χ0n) is 19.6. The van der Waals surface area contributed by atoms with E-state index in [2.05, 4.69) is 20.3 Å². The molecule has 13 heteroatoms. The number of alkyl halides is 4. The number of aromatic nitrogens is 3. The number of carbonyl (C=O) groups excluding carboxylic acids is 1. The Morgan fingerprint density at radius 1 is 1.03 bits per heavy atom. The minimum Gasteiger partial charge on any atom is -0.472 e. The van der Waals surface area contributed by atoms with E-state index in [1.807, 2.05) is 0 Å². The summed E-state index contributed by atoms with van der Waals surface area (Å²) in [5.74, 6) is -9.07. The van der Waals surface area contributed by atoms with Gasteiger partial charge in [0.15, 0.2) is 5.82 Å². The first-order chi connectivity index (χ1) is 18.0. The molecule has 0 spiro atoms. The lowest BCUT2D eigenvalue weighted by Crippen LogP contribution is -2.43. The van der Waals surface area contributed by atoms with Gasteiger partial charge in [0.25, 0.3) is 23.6 Å². The van der Waals surface area contributed by atoms with Gasteiger partial charge in [0.1, 0.15) is 30.3 Å². The van der Waals surface area contributed by atoms with E-state index in [1.54, 1.807) is 0 Å². The molecule has 1 aliphatic carbocycles. The molecule has 4 heterocycles. The van der Waals surface area contributed by atoms with Crippen molar-refractivity contribution in [2.45, 2.75) is 49.7 Å². The van der Waals surface area contributed by atoms with Crippen LogP contribution in [0.2, 0.25) is 0 Å². The molecular weight excluding hydrogens is 518 g/mol. The quantitative estimate of drug-likeness (QED) is 0.404. The Kier molecular flexibility index (Phi) is 6.72. The van der Waals surface area contributed by atoms with E-state index in [0.29, 0.717) is 0 Å². The number of hydrogen-bond donors (Lipinski definition) is 1. The maximum atomic E-state index is 14.6. The second kappa shape index (κ2) is 9.86. The Labute approximate surface area is 212 Å². The molecular formula is C25H20F6N4O3. The Bertz CT molecular complexity index is 1350. The molecule has 1 saturated carbocycles. The van der Waals surface area contributed by atoms with E-state index in [1.165, 1.54) is 24.5 Å². The first kappa shape index (κ1) is 25.9. The number of hydrogen-bond acceptors (Lipinski definition) is 6. The highest BCUT2D eigenvalue weighted by atomic mass is 19.3. The molecule has 5 rings (SSSR count). The van der Waals surface area contributed by atoms with Gasteiger partial charge in [-0.25, -0.2) is 31.3 Å². The number of rotatable bonds is 6. The lowest BCUT2D eigenvalue weighted by Gasteiger charge is -2.34. The summed E-state index contributed by atoms with van der Waals surface area (Å²) in [6.45, 7) is -0.863. The van der Waals surface area contributed by atoms with Crippen LogP contribution in [0.5, 0.6) is 5.88 Å². The van der Waals surface area contributed by atoms with E-state index in [4.69, 9.17) is 9.47 Å². The number of carbonyl (C=O) groups is 1. The average Bonchev–Trinajstić information content (AvgIpc) is 2.85. The molecule has 1 N–H and O–H groups in total. The van der Waals surface area contributed by atoms with Gasteiger partial charge in [0.2, 0.25) is 0 Å². The van der Waals surface area contributed by atoms with Crippen molar-refractivity contribution in [3.05, 3.63) is 65.7 Å². The summed E-state index contributed by atoms with van der Waals surface area (Å²) in [5, 5.41) is 2.54. The largest absolute Gasteiger partial charge is 0.472 e. The monoisotopic (exact) mass is 538 g/mol. The van der Waals surface area contributed by atoms with E-state index in [0.717, 1.165) is 18.3 Å². The fourth-order valence-electron chi connectivity index (χ4n) is 4.24. The van der Waals surface area contributed by atoms with E-state index >= 15 is 0 Å². The Morgan fingerprint density at radius 2 is 1.82 bits per heavy atom. The van der Waals surface area contributed by atoms with Gasteiger partial charge in [0.05, 0.1) is 16.9 Å². The second-order valence-corrected chi connectivity index (χ2v) is 9.12. The number of ether oxygens (including phenoxy) is 2. The number of nitrogens with one attached hydrogen (secondary N) is 1. The topological polar surface area (TPSA) is 86.2 Å². The predicted octanol–water partition coefficient (Wildman–Crippen LogP) is 5.73. The van der Waals surface area contributed by atoms with Crippen molar-refractivity contribution in [2.75, 3.05) is 11.9 Å². The van der Waals surface area contributed by atoms with Gasteiger partial charge in [-0.2, -0.15) is 0 Å². The molecule has 3 aromatic rings. The molecule has 2 fully saturated rings. The van der Waals surface area contributed by atoms with Crippen LogP contribution in [0, 0.1) is 11.6 Å². The summed E-state index contributed by atoms with van der Waals surface area (Å²) < 4.78 is 93.1. The zero-order chi connectivity index (χ0) is 27.1. The maximum Gasteiger partial charge on any atom is 0.271 e. The van der Waals surface area contributed by atoms with Crippen molar-refractivity contribution < 1.29 is 40.6 Å². The Balaban J connectivity index is 1.44. The molecule has 0 bridgehead atoms. The van der Waals surface area contributed by atoms with Crippen molar-refractivity contribution >= 4 is 11.6 Å². The van der Waals surface area contributed by atoms with Crippen LogP contribution in [0.15, 0.2) is 42.9 Å². The second-order valence-electron chi connectivity index (χ2n) is 9.12. The molecule has 7 nitrogen and oxygen atoms in total. The SMILES string of the molecule is O=C(Nc1c(-c2ncccc2F)ccnc1[C@H]1CCC(F)(F)CO1)c1cnc(OC2CC(F)(F)C2)c(F)c1. The van der Waals surface area contributed by atoms with Crippen molar-refractivity contribution in [3.8, 4) is 17.1 Å². The molecule has 200 valence electrons. The van der Waals surface area contributed by atoms with Gasteiger partial charge in [-0.15, -0.1) is 0 Å². The van der Waals surface area contributed by atoms with Crippen LogP contribution in [0.3, 0.4) is 0 Å². The lowest BCUT2D eigenvalue weighted by molar-refractivity contribution is -0.146. The van der Waals surface area contributed by atoms with Crippen molar-refractivity contribution in [2.24, 2.45) is 0 Å². The van der Waals surface area contributed by atoms with E-state index in [9.17, 15) is 31.1 Å².